The molecule has 146 valence electrons. The highest BCUT2D eigenvalue weighted by Crippen LogP contribution is 2.05. The van der Waals surface area contributed by atoms with E-state index >= 15 is 0 Å². The average Bonchev–Trinajstić information content (AvgIpc) is 2.47. The van der Waals surface area contributed by atoms with E-state index in [9.17, 15) is 19.2 Å². The van der Waals surface area contributed by atoms with E-state index in [0.29, 0.717) is 24.7 Å². The Hall–Kier alpha value is -1.92. The molecule has 0 aromatic heterocycles. The van der Waals surface area contributed by atoms with Crippen molar-refractivity contribution in [2.75, 3.05) is 0 Å². The van der Waals surface area contributed by atoms with Crippen molar-refractivity contribution in [1.29, 1.82) is 0 Å². The lowest BCUT2D eigenvalue weighted by Crippen LogP contribution is -2.41. The van der Waals surface area contributed by atoms with Gasteiger partial charge in [0.25, 0.3) is 0 Å². The Balaban J connectivity index is 0. The summed E-state index contributed by atoms with van der Waals surface area (Å²) in [6, 6.07) is -0.960. The topological polar surface area (TPSA) is 121 Å². The highest BCUT2D eigenvalue weighted by molar-refractivity contribution is 5.84. The summed E-state index contributed by atoms with van der Waals surface area (Å²) in [7, 11) is 0. The van der Waals surface area contributed by atoms with Crippen LogP contribution in [0.1, 0.15) is 73.1 Å². The summed E-state index contributed by atoms with van der Waals surface area (Å²) in [5.74, 6) is -1.22. The van der Waals surface area contributed by atoms with Crippen LogP contribution in [0.3, 0.4) is 0 Å². The van der Waals surface area contributed by atoms with Crippen LogP contribution < -0.4 is 5.32 Å². The predicted octanol–water partition coefficient (Wildman–Crippen LogP) is 2.87. The maximum atomic E-state index is 11.4. The molecule has 0 saturated carbocycles. The van der Waals surface area contributed by atoms with Crippen molar-refractivity contribution in [3.8, 4) is 0 Å². The van der Waals surface area contributed by atoms with Gasteiger partial charge in [-0.05, 0) is 38.0 Å². The van der Waals surface area contributed by atoms with Gasteiger partial charge in [0.2, 0.25) is 5.91 Å². The molecular formula is C18H33NO6. The van der Waals surface area contributed by atoms with Crippen LogP contribution in [-0.2, 0) is 19.2 Å². The number of aliphatic carboxylic acids is 2. The molecule has 0 aromatic carbocycles. The molecule has 0 radical (unpaired) electrons. The molecule has 0 aliphatic heterocycles. The van der Waals surface area contributed by atoms with Crippen LogP contribution in [0.25, 0.3) is 0 Å². The molecule has 7 nitrogen and oxygen atoms in total. The van der Waals surface area contributed by atoms with Crippen LogP contribution in [-0.4, -0.2) is 39.9 Å². The molecule has 1 amide bonds. The monoisotopic (exact) mass is 359 g/mol. The number of hydrogen-bond acceptors (Lipinski definition) is 4. The Morgan fingerprint density at radius 3 is 1.60 bits per heavy atom. The third-order valence-corrected chi connectivity index (χ3v) is 3.30. The molecule has 0 heterocycles. The van der Waals surface area contributed by atoms with Gasteiger partial charge >= 0.3 is 11.9 Å². The minimum Gasteiger partial charge on any atom is -0.481 e. The molecule has 1 unspecified atom stereocenters. The van der Waals surface area contributed by atoms with Gasteiger partial charge in [0.1, 0.15) is 11.8 Å². The molecule has 0 saturated heterocycles. The third-order valence-electron chi connectivity index (χ3n) is 3.30. The molecule has 0 rings (SSSR count). The second-order valence-corrected chi connectivity index (χ2v) is 6.96. The molecule has 0 fully saturated rings. The number of hydrogen-bond donors (Lipinski definition) is 3. The smallest absolute Gasteiger partial charge is 0.326 e. The predicted molar refractivity (Wildman–Crippen MR) is 95.3 cm³/mol. The number of carboxylic acid groups (broad SMARTS) is 2. The second kappa shape index (κ2) is 14.4. The molecule has 0 spiro atoms. The van der Waals surface area contributed by atoms with Crippen molar-refractivity contribution in [3.05, 3.63) is 0 Å². The minimum absolute atomic E-state index is 0.0762. The summed E-state index contributed by atoms with van der Waals surface area (Å²) < 4.78 is 0. The zero-order valence-corrected chi connectivity index (χ0v) is 16.0. The Bertz CT molecular complexity index is 431. The lowest BCUT2D eigenvalue weighted by Gasteiger charge is -2.14. The number of amides is 1. The van der Waals surface area contributed by atoms with Gasteiger partial charge in [0.05, 0.1) is 0 Å². The van der Waals surface area contributed by atoms with Crippen molar-refractivity contribution < 1.29 is 29.4 Å². The summed E-state index contributed by atoms with van der Waals surface area (Å²) in [6.07, 6.45) is 2.46. The fourth-order valence-corrected chi connectivity index (χ4v) is 1.70. The summed E-state index contributed by atoms with van der Waals surface area (Å²) >= 11 is 0. The van der Waals surface area contributed by atoms with Gasteiger partial charge in [0, 0.05) is 19.3 Å². The minimum atomic E-state index is -1.09. The van der Waals surface area contributed by atoms with Gasteiger partial charge in [-0.3, -0.25) is 9.59 Å². The first-order chi connectivity index (χ1) is 11.5. The van der Waals surface area contributed by atoms with Crippen molar-refractivity contribution in [3.63, 3.8) is 0 Å². The first kappa shape index (κ1) is 25.3. The van der Waals surface area contributed by atoms with Crippen molar-refractivity contribution in [2.24, 2.45) is 11.8 Å². The quantitative estimate of drug-likeness (QED) is 0.521. The fourth-order valence-electron chi connectivity index (χ4n) is 1.70. The van der Waals surface area contributed by atoms with Gasteiger partial charge in [-0.15, -0.1) is 0 Å². The first-order valence-corrected chi connectivity index (χ1v) is 8.69. The third kappa shape index (κ3) is 20.0. The zero-order chi connectivity index (χ0) is 20.0. The van der Waals surface area contributed by atoms with E-state index in [-0.39, 0.29) is 24.5 Å². The lowest BCUT2D eigenvalue weighted by molar-refractivity contribution is -0.142. The Morgan fingerprint density at radius 1 is 0.800 bits per heavy atom. The van der Waals surface area contributed by atoms with Gasteiger partial charge in [0.15, 0.2) is 0 Å². The molecule has 0 aliphatic rings. The van der Waals surface area contributed by atoms with Crippen LogP contribution in [0.15, 0.2) is 0 Å². The number of carboxylic acids is 2. The van der Waals surface area contributed by atoms with Gasteiger partial charge in [-0.25, -0.2) is 4.79 Å². The number of ketones is 1. The number of Topliss-reactive ketones (excluding diaryl/α,β-unsaturated/α-hetero) is 1. The Kier molecular flexibility index (Phi) is 14.6. The highest BCUT2D eigenvalue weighted by Gasteiger charge is 2.20. The molecule has 3 N–H and O–H groups in total. The number of carbonyl (C=O) groups is 4. The van der Waals surface area contributed by atoms with Gasteiger partial charge in [-0.1, -0.05) is 27.7 Å². The molecule has 0 aliphatic carbocycles. The lowest BCUT2D eigenvalue weighted by atomic mass is 10.1. The number of nitrogens with one attached hydrogen (secondary N) is 1. The van der Waals surface area contributed by atoms with E-state index < -0.39 is 18.0 Å². The van der Waals surface area contributed by atoms with E-state index in [4.69, 9.17) is 10.2 Å². The van der Waals surface area contributed by atoms with Crippen LogP contribution in [0.4, 0.5) is 0 Å². The van der Waals surface area contributed by atoms with Crippen molar-refractivity contribution >= 4 is 23.6 Å². The van der Waals surface area contributed by atoms with Crippen LogP contribution in [0.5, 0.6) is 0 Å². The van der Waals surface area contributed by atoms with Crippen molar-refractivity contribution in [2.45, 2.75) is 79.2 Å². The molecule has 25 heavy (non-hydrogen) atoms. The molecule has 7 heteroatoms. The summed E-state index contributed by atoms with van der Waals surface area (Å²) in [5.41, 5.74) is 0. The van der Waals surface area contributed by atoms with Crippen LogP contribution in [0.2, 0.25) is 0 Å². The first-order valence-electron chi connectivity index (χ1n) is 8.69. The number of carbonyl (C=O) groups excluding carboxylic acids is 2. The van der Waals surface area contributed by atoms with E-state index in [1.54, 1.807) is 0 Å². The molecule has 0 bridgehead atoms. The van der Waals surface area contributed by atoms with E-state index in [1.165, 1.54) is 6.92 Å². The van der Waals surface area contributed by atoms with Gasteiger partial charge in [-0.2, -0.15) is 0 Å². The number of rotatable bonds is 11. The highest BCUT2D eigenvalue weighted by atomic mass is 16.4. The summed E-state index contributed by atoms with van der Waals surface area (Å²) in [5, 5.41) is 19.5. The largest absolute Gasteiger partial charge is 0.481 e. The normalized spacial score (nSPS) is 11.5. The fraction of sp³-hybridized carbons (Fsp3) is 0.778. The molecule has 1 atom stereocenters. The SMILES string of the molecule is CC(=O)CCC(NC(=O)CCC(C)C)C(=O)O.CC(C)CCC(=O)O. The van der Waals surface area contributed by atoms with E-state index in [2.05, 4.69) is 5.32 Å². The van der Waals surface area contributed by atoms with E-state index in [0.717, 1.165) is 12.8 Å². The maximum absolute atomic E-state index is 11.4. The van der Waals surface area contributed by atoms with Crippen LogP contribution >= 0.6 is 0 Å². The standard InChI is InChI=1S/C12H21NO4.C6H12O2/c1-8(2)4-7-11(15)13-10(12(16)17)6-5-9(3)14;1-5(2)3-4-6(7)8/h8,10H,4-7H2,1-3H3,(H,13,15)(H,16,17);5H,3-4H2,1-2H3,(H,7,8). The summed E-state index contributed by atoms with van der Waals surface area (Å²) in [6.45, 7) is 9.43. The van der Waals surface area contributed by atoms with Gasteiger partial charge < -0.3 is 20.3 Å². The maximum Gasteiger partial charge on any atom is 0.326 e. The molecular weight excluding hydrogens is 326 g/mol. The second-order valence-electron chi connectivity index (χ2n) is 6.96. The summed E-state index contributed by atoms with van der Waals surface area (Å²) in [4.78, 5) is 43.0. The Morgan fingerprint density at radius 2 is 1.28 bits per heavy atom. The van der Waals surface area contributed by atoms with E-state index in [1.807, 2.05) is 27.7 Å². The molecule has 0 aromatic rings. The average molecular weight is 359 g/mol. The van der Waals surface area contributed by atoms with Crippen LogP contribution in [0, 0.1) is 11.8 Å². The Labute approximate surface area is 150 Å². The zero-order valence-electron chi connectivity index (χ0n) is 16.0. The van der Waals surface area contributed by atoms with Crippen molar-refractivity contribution in [1.82, 2.24) is 5.32 Å².